The van der Waals surface area contributed by atoms with Gasteiger partial charge in [-0.2, -0.15) is 0 Å². The second kappa shape index (κ2) is 4.41. The van der Waals surface area contributed by atoms with Crippen LogP contribution in [0.25, 0.3) is 22.3 Å². The van der Waals surface area contributed by atoms with Crippen molar-refractivity contribution in [2.45, 2.75) is 0 Å². The van der Waals surface area contributed by atoms with Crippen molar-refractivity contribution in [2.75, 3.05) is 0 Å². The smallest absolute Gasteiger partial charge is 0.159 e. The molecule has 82 valence electrons. The zero-order valence-electron chi connectivity index (χ0n) is 8.97. The molecule has 2 nitrogen and oxygen atoms in total. The second-order valence-corrected chi connectivity index (χ2v) is 5.01. The minimum Gasteiger partial charge on any atom is -0.236 e. The van der Waals surface area contributed by atoms with Gasteiger partial charge in [0.1, 0.15) is 0 Å². The lowest BCUT2D eigenvalue weighted by Crippen LogP contribution is -1.89. The molecule has 0 amide bonds. The van der Waals surface area contributed by atoms with E-state index >= 15 is 0 Å². The molecule has 0 atom stereocenters. The molecule has 0 fully saturated rings. The Morgan fingerprint density at radius 3 is 2.71 bits per heavy atom. The average Bonchev–Trinajstić information content (AvgIpc) is 2.38. The van der Waals surface area contributed by atoms with Gasteiger partial charge < -0.3 is 0 Å². The highest BCUT2D eigenvalue weighted by molar-refractivity contribution is 14.1. The maximum atomic E-state index is 4.57. The molecule has 0 N–H and O–H groups in total. The molecular formula is C14H9IN2. The lowest BCUT2D eigenvalue weighted by molar-refractivity contribution is 1.23. The van der Waals surface area contributed by atoms with Crippen LogP contribution in [-0.4, -0.2) is 9.97 Å². The van der Waals surface area contributed by atoms with Gasteiger partial charge in [0.2, 0.25) is 0 Å². The lowest BCUT2D eigenvalue weighted by Gasteiger charge is -2.02. The molecule has 1 aromatic heterocycles. The largest absolute Gasteiger partial charge is 0.236 e. The predicted molar refractivity (Wildman–Crippen MR) is 77.7 cm³/mol. The molecule has 1 heterocycles. The highest BCUT2D eigenvalue weighted by atomic mass is 127. The van der Waals surface area contributed by atoms with Gasteiger partial charge in [0.05, 0.1) is 5.52 Å². The fraction of sp³-hybridized carbons (Fsp3) is 0. The van der Waals surface area contributed by atoms with Crippen molar-refractivity contribution in [3.63, 3.8) is 0 Å². The summed E-state index contributed by atoms with van der Waals surface area (Å²) in [5.74, 6) is 0.780. The summed E-state index contributed by atoms with van der Waals surface area (Å²) in [7, 11) is 0. The van der Waals surface area contributed by atoms with E-state index in [1.165, 1.54) is 3.57 Å². The molecule has 0 radical (unpaired) electrons. The zero-order valence-corrected chi connectivity index (χ0v) is 11.1. The molecule has 0 aliphatic rings. The van der Waals surface area contributed by atoms with E-state index < -0.39 is 0 Å². The second-order valence-electron chi connectivity index (χ2n) is 3.76. The summed E-state index contributed by atoms with van der Waals surface area (Å²) in [6.07, 6.45) is 1.87. The minimum atomic E-state index is 0.780. The molecule has 0 aliphatic heterocycles. The Morgan fingerprint density at radius 2 is 1.82 bits per heavy atom. The van der Waals surface area contributed by atoms with E-state index in [2.05, 4.69) is 44.7 Å². The van der Waals surface area contributed by atoms with E-state index in [-0.39, 0.29) is 0 Å². The van der Waals surface area contributed by atoms with Crippen LogP contribution in [0.4, 0.5) is 0 Å². The molecule has 0 aliphatic carbocycles. The van der Waals surface area contributed by atoms with Crippen molar-refractivity contribution < 1.29 is 0 Å². The average molecular weight is 332 g/mol. The third-order valence-corrected chi connectivity index (χ3v) is 3.24. The Kier molecular flexibility index (Phi) is 2.76. The van der Waals surface area contributed by atoms with Gasteiger partial charge in [-0.05, 0) is 40.8 Å². The third-order valence-electron chi connectivity index (χ3n) is 2.57. The van der Waals surface area contributed by atoms with E-state index in [1.807, 2.05) is 42.6 Å². The van der Waals surface area contributed by atoms with E-state index in [0.717, 1.165) is 22.3 Å². The summed E-state index contributed by atoms with van der Waals surface area (Å²) in [4.78, 5) is 8.98. The van der Waals surface area contributed by atoms with Gasteiger partial charge in [-0.1, -0.05) is 30.3 Å². The van der Waals surface area contributed by atoms with Crippen molar-refractivity contribution >= 4 is 33.5 Å². The summed E-state index contributed by atoms with van der Waals surface area (Å²) < 4.78 is 1.19. The van der Waals surface area contributed by atoms with Gasteiger partial charge in [-0.25, -0.2) is 9.97 Å². The number of para-hydroxylation sites is 1. The molecule has 0 saturated heterocycles. The summed E-state index contributed by atoms with van der Waals surface area (Å²) in [6, 6.07) is 16.2. The number of benzene rings is 2. The number of rotatable bonds is 1. The van der Waals surface area contributed by atoms with Crippen LogP contribution in [0, 0.1) is 3.57 Å². The van der Waals surface area contributed by atoms with Gasteiger partial charge >= 0.3 is 0 Å². The standard InChI is InChI=1S/C14H9IN2/c15-12-6-3-5-10(8-12)14-16-9-11-4-1-2-7-13(11)17-14/h1-9H. The van der Waals surface area contributed by atoms with Gasteiger partial charge in [-0.15, -0.1) is 0 Å². The Labute approximate surface area is 113 Å². The lowest BCUT2D eigenvalue weighted by atomic mass is 10.2. The van der Waals surface area contributed by atoms with Gasteiger partial charge in [0, 0.05) is 20.7 Å². The van der Waals surface area contributed by atoms with Crippen LogP contribution in [0.2, 0.25) is 0 Å². The SMILES string of the molecule is Ic1cccc(-c2ncc3ccccc3n2)c1. The van der Waals surface area contributed by atoms with Crippen LogP contribution >= 0.6 is 22.6 Å². The molecule has 3 rings (SSSR count). The number of hydrogen-bond donors (Lipinski definition) is 0. The number of hydrogen-bond acceptors (Lipinski definition) is 2. The van der Waals surface area contributed by atoms with Crippen molar-refractivity contribution in [2.24, 2.45) is 0 Å². The summed E-state index contributed by atoms with van der Waals surface area (Å²) in [5.41, 5.74) is 2.04. The van der Waals surface area contributed by atoms with Crippen LogP contribution in [0.5, 0.6) is 0 Å². The molecule has 0 spiro atoms. The molecular weight excluding hydrogens is 323 g/mol. The van der Waals surface area contributed by atoms with Gasteiger partial charge in [0.25, 0.3) is 0 Å². The number of aromatic nitrogens is 2. The van der Waals surface area contributed by atoms with Crippen LogP contribution in [0.1, 0.15) is 0 Å². The van der Waals surface area contributed by atoms with E-state index in [9.17, 15) is 0 Å². The first-order valence-corrected chi connectivity index (χ1v) is 6.38. The van der Waals surface area contributed by atoms with Crippen molar-refractivity contribution in [1.82, 2.24) is 9.97 Å². The zero-order chi connectivity index (χ0) is 11.7. The van der Waals surface area contributed by atoms with Crippen molar-refractivity contribution in [3.8, 4) is 11.4 Å². The van der Waals surface area contributed by atoms with Crippen LogP contribution in [0.15, 0.2) is 54.7 Å². The fourth-order valence-corrected chi connectivity index (χ4v) is 2.28. The first-order chi connectivity index (χ1) is 8.33. The van der Waals surface area contributed by atoms with Crippen molar-refractivity contribution in [1.29, 1.82) is 0 Å². The Balaban J connectivity index is 2.18. The quantitative estimate of drug-likeness (QED) is 0.632. The Bertz CT molecular complexity index is 680. The first-order valence-electron chi connectivity index (χ1n) is 5.31. The molecule has 17 heavy (non-hydrogen) atoms. The third kappa shape index (κ3) is 2.15. The molecule has 0 unspecified atom stereocenters. The Morgan fingerprint density at radius 1 is 0.941 bits per heavy atom. The molecule has 0 saturated carbocycles. The van der Waals surface area contributed by atoms with Crippen LogP contribution in [0.3, 0.4) is 0 Å². The highest BCUT2D eigenvalue weighted by Crippen LogP contribution is 2.19. The summed E-state index contributed by atoms with van der Waals surface area (Å²) in [5, 5.41) is 1.07. The summed E-state index contributed by atoms with van der Waals surface area (Å²) in [6.45, 7) is 0. The number of nitrogens with zero attached hydrogens (tertiary/aromatic N) is 2. The Hall–Kier alpha value is -1.49. The molecule has 3 aromatic rings. The topological polar surface area (TPSA) is 25.8 Å². The molecule has 0 bridgehead atoms. The van der Waals surface area contributed by atoms with E-state index in [4.69, 9.17) is 0 Å². The highest BCUT2D eigenvalue weighted by Gasteiger charge is 2.02. The van der Waals surface area contributed by atoms with Gasteiger partial charge in [0.15, 0.2) is 5.82 Å². The molecule has 3 heteroatoms. The maximum absolute atomic E-state index is 4.57. The number of halogens is 1. The first kappa shape index (κ1) is 10.7. The monoisotopic (exact) mass is 332 g/mol. The summed E-state index contributed by atoms with van der Waals surface area (Å²) >= 11 is 2.29. The van der Waals surface area contributed by atoms with Crippen LogP contribution < -0.4 is 0 Å². The minimum absolute atomic E-state index is 0.780. The van der Waals surface area contributed by atoms with E-state index in [1.54, 1.807) is 0 Å². The van der Waals surface area contributed by atoms with E-state index in [0.29, 0.717) is 0 Å². The fourth-order valence-electron chi connectivity index (χ4n) is 1.74. The van der Waals surface area contributed by atoms with Crippen LogP contribution in [-0.2, 0) is 0 Å². The van der Waals surface area contributed by atoms with Crippen molar-refractivity contribution in [3.05, 3.63) is 58.3 Å². The maximum Gasteiger partial charge on any atom is 0.159 e. The molecule has 2 aromatic carbocycles. The van der Waals surface area contributed by atoms with Gasteiger partial charge in [-0.3, -0.25) is 0 Å². The predicted octanol–water partition coefficient (Wildman–Crippen LogP) is 3.90. The number of fused-ring (bicyclic) bond motifs is 1. The normalized spacial score (nSPS) is 10.6.